The molecule has 116 valence electrons. The largest absolute Gasteiger partial charge is 0.480 e. The van der Waals surface area contributed by atoms with Gasteiger partial charge in [-0.1, -0.05) is 19.9 Å². The van der Waals surface area contributed by atoms with Crippen LogP contribution in [0.25, 0.3) is 0 Å². The van der Waals surface area contributed by atoms with Gasteiger partial charge in [-0.05, 0) is 54.9 Å². The number of hydrogen-bond donors (Lipinski definition) is 2. The summed E-state index contributed by atoms with van der Waals surface area (Å²) in [5.74, 6) is -1.05. The lowest BCUT2D eigenvalue weighted by Crippen LogP contribution is -2.41. The van der Waals surface area contributed by atoms with Gasteiger partial charge >= 0.3 is 5.97 Å². The van der Waals surface area contributed by atoms with Crippen LogP contribution in [0.1, 0.15) is 37.8 Å². The van der Waals surface area contributed by atoms with Crippen LogP contribution in [0.5, 0.6) is 0 Å². The summed E-state index contributed by atoms with van der Waals surface area (Å²) < 4.78 is 27.0. The smallest absolute Gasteiger partial charge is 0.321 e. The number of hydrogen-bond acceptors (Lipinski definition) is 3. The van der Waals surface area contributed by atoms with Gasteiger partial charge in [0.25, 0.3) is 0 Å². The highest BCUT2D eigenvalue weighted by molar-refractivity contribution is 7.89. The van der Waals surface area contributed by atoms with Crippen LogP contribution in [0.15, 0.2) is 23.1 Å². The van der Waals surface area contributed by atoms with E-state index < -0.39 is 22.0 Å². The Bertz CT molecular complexity index is 637. The molecule has 0 saturated carbocycles. The van der Waals surface area contributed by atoms with Crippen molar-refractivity contribution in [2.24, 2.45) is 5.92 Å². The molecule has 1 aromatic rings. The Morgan fingerprint density at radius 1 is 1.29 bits per heavy atom. The second kappa shape index (κ2) is 6.15. The fourth-order valence-electron chi connectivity index (χ4n) is 2.64. The third-order valence-corrected chi connectivity index (χ3v) is 5.15. The number of sulfonamides is 1. The van der Waals surface area contributed by atoms with Gasteiger partial charge in [0.2, 0.25) is 10.0 Å². The molecule has 0 heterocycles. The minimum absolute atomic E-state index is 0.0915. The Morgan fingerprint density at radius 2 is 1.95 bits per heavy atom. The second-order valence-corrected chi connectivity index (χ2v) is 7.64. The molecule has 0 saturated heterocycles. The highest BCUT2D eigenvalue weighted by Crippen LogP contribution is 2.25. The summed E-state index contributed by atoms with van der Waals surface area (Å²) in [5.41, 5.74) is 2.24. The minimum Gasteiger partial charge on any atom is -0.480 e. The van der Waals surface area contributed by atoms with E-state index >= 15 is 0 Å². The third-order valence-electron chi connectivity index (χ3n) is 3.68. The summed E-state index contributed by atoms with van der Waals surface area (Å²) in [6.45, 7) is 3.72. The van der Waals surface area contributed by atoms with Crippen LogP contribution in [0, 0.1) is 5.92 Å². The van der Waals surface area contributed by atoms with Crippen molar-refractivity contribution < 1.29 is 18.3 Å². The van der Waals surface area contributed by atoms with E-state index in [2.05, 4.69) is 4.72 Å². The number of rotatable bonds is 6. The van der Waals surface area contributed by atoms with Crippen molar-refractivity contribution in [2.45, 2.75) is 50.5 Å². The fraction of sp³-hybridized carbons (Fsp3) is 0.533. The average Bonchev–Trinajstić information content (AvgIpc) is 2.84. The van der Waals surface area contributed by atoms with Crippen LogP contribution in [0.3, 0.4) is 0 Å². The van der Waals surface area contributed by atoms with Crippen LogP contribution in [0.2, 0.25) is 0 Å². The van der Waals surface area contributed by atoms with E-state index in [1.54, 1.807) is 12.1 Å². The van der Waals surface area contributed by atoms with Gasteiger partial charge in [-0.3, -0.25) is 4.79 Å². The van der Waals surface area contributed by atoms with Crippen molar-refractivity contribution in [3.05, 3.63) is 29.3 Å². The molecule has 2 N–H and O–H groups in total. The molecule has 0 aromatic heterocycles. The van der Waals surface area contributed by atoms with Crippen molar-refractivity contribution in [3.63, 3.8) is 0 Å². The highest BCUT2D eigenvalue weighted by Gasteiger charge is 2.26. The number of carboxylic acid groups (broad SMARTS) is 1. The number of carbonyl (C=O) groups is 1. The third kappa shape index (κ3) is 3.83. The molecule has 0 unspecified atom stereocenters. The molecular formula is C15H21NO4S. The van der Waals surface area contributed by atoms with E-state index in [1.165, 1.54) is 5.56 Å². The van der Waals surface area contributed by atoms with Crippen LogP contribution < -0.4 is 4.72 Å². The number of aliphatic carboxylic acids is 1. The van der Waals surface area contributed by atoms with E-state index in [0.29, 0.717) is 0 Å². The zero-order valence-electron chi connectivity index (χ0n) is 12.3. The molecular weight excluding hydrogens is 290 g/mol. The van der Waals surface area contributed by atoms with Crippen LogP contribution in [-0.4, -0.2) is 25.5 Å². The first kappa shape index (κ1) is 16.0. The first-order chi connectivity index (χ1) is 9.79. The Kier molecular flexibility index (Phi) is 4.68. The van der Waals surface area contributed by atoms with E-state index in [-0.39, 0.29) is 17.2 Å². The maximum Gasteiger partial charge on any atom is 0.321 e. The predicted molar refractivity (Wildman–Crippen MR) is 79.7 cm³/mol. The Balaban J connectivity index is 2.23. The number of nitrogens with one attached hydrogen (secondary N) is 1. The van der Waals surface area contributed by atoms with Crippen LogP contribution >= 0.6 is 0 Å². The quantitative estimate of drug-likeness (QED) is 0.841. The first-order valence-electron chi connectivity index (χ1n) is 7.16. The monoisotopic (exact) mass is 311 g/mol. The van der Waals surface area contributed by atoms with Gasteiger partial charge in [-0.15, -0.1) is 0 Å². The van der Waals surface area contributed by atoms with Gasteiger partial charge in [0.05, 0.1) is 4.90 Å². The summed E-state index contributed by atoms with van der Waals surface area (Å²) in [5, 5.41) is 9.16. The zero-order valence-corrected chi connectivity index (χ0v) is 13.1. The molecule has 1 atom stereocenters. The van der Waals surface area contributed by atoms with Gasteiger partial charge in [0.15, 0.2) is 0 Å². The molecule has 0 aliphatic heterocycles. The molecule has 2 rings (SSSR count). The number of fused-ring (bicyclic) bond motifs is 1. The lowest BCUT2D eigenvalue weighted by atomic mass is 10.1. The van der Waals surface area contributed by atoms with Crippen molar-refractivity contribution in [1.82, 2.24) is 4.72 Å². The van der Waals surface area contributed by atoms with E-state index in [9.17, 15) is 13.2 Å². The molecule has 5 nitrogen and oxygen atoms in total. The lowest BCUT2D eigenvalue weighted by molar-refractivity contribution is -0.139. The molecule has 6 heteroatoms. The molecule has 21 heavy (non-hydrogen) atoms. The topological polar surface area (TPSA) is 83.5 Å². The fourth-order valence-corrected chi connectivity index (χ4v) is 3.89. The molecule has 1 aliphatic rings. The van der Waals surface area contributed by atoms with Gasteiger partial charge in [0, 0.05) is 0 Å². The van der Waals surface area contributed by atoms with Crippen molar-refractivity contribution >= 4 is 16.0 Å². The molecule has 0 amide bonds. The number of benzene rings is 1. The van der Waals surface area contributed by atoms with Crippen LogP contribution in [0.4, 0.5) is 0 Å². The SMILES string of the molecule is CC(C)C[C@@H](NS(=O)(=O)c1ccc2c(c1)CCC2)C(=O)O. The summed E-state index contributed by atoms with van der Waals surface area (Å²) in [7, 11) is -3.80. The summed E-state index contributed by atoms with van der Waals surface area (Å²) in [4.78, 5) is 11.4. The van der Waals surface area contributed by atoms with Crippen molar-refractivity contribution in [1.29, 1.82) is 0 Å². The van der Waals surface area contributed by atoms with E-state index in [1.807, 2.05) is 19.9 Å². The maximum atomic E-state index is 12.4. The molecule has 0 radical (unpaired) electrons. The summed E-state index contributed by atoms with van der Waals surface area (Å²) in [6.07, 6.45) is 3.16. The molecule has 1 aromatic carbocycles. The van der Waals surface area contributed by atoms with Crippen molar-refractivity contribution in [3.8, 4) is 0 Å². The second-order valence-electron chi connectivity index (χ2n) is 5.93. The highest BCUT2D eigenvalue weighted by atomic mass is 32.2. The zero-order chi connectivity index (χ0) is 15.6. The molecule has 1 aliphatic carbocycles. The van der Waals surface area contributed by atoms with Gasteiger partial charge in [0.1, 0.15) is 6.04 Å². The Hall–Kier alpha value is -1.40. The Morgan fingerprint density at radius 3 is 2.57 bits per heavy atom. The molecule has 0 fully saturated rings. The van der Waals surface area contributed by atoms with Crippen molar-refractivity contribution in [2.75, 3.05) is 0 Å². The molecule has 0 spiro atoms. The first-order valence-corrected chi connectivity index (χ1v) is 8.65. The Labute approximate surface area is 125 Å². The normalized spacial score (nSPS) is 16.0. The predicted octanol–water partition coefficient (Wildman–Crippen LogP) is 1.95. The van der Waals surface area contributed by atoms with Gasteiger partial charge in [-0.2, -0.15) is 4.72 Å². The average molecular weight is 311 g/mol. The van der Waals surface area contributed by atoms with E-state index in [4.69, 9.17) is 5.11 Å². The lowest BCUT2D eigenvalue weighted by Gasteiger charge is -2.17. The maximum absolute atomic E-state index is 12.4. The summed E-state index contributed by atoms with van der Waals surface area (Å²) >= 11 is 0. The van der Waals surface area contributed by atoms with Gasteiger partial charge in [-0.25, -0.2) is 8.42 Å². The number of carboxylic acids is 1. The standard InChI is InChI=1S/C15H21NO4S/c1-10(2)8-14(15(17)18)16-21(19,20)13-7-6-11-4-3-5-12(11)9-13/h6-7,9-10,14,16H,3-5,8H2,1-2H3,(H,17,18)/t14-/m1/s1. The molecule has 0 bridgehead atoms. The van der Waals surface area contributed by atoms with Crippen LogP contribution in [-0.2, 0) is 27.7 Å². The van der Waals surface area contributed by atoms with Gasteiger partial charge < -0.3 is 5.11 Å². The minimum atomic E-state index is -3.80. The summed E-state index contributed by atoms with van der Waals surface area (Å²) in [6, 6.07) is 3.96. The number of aryl methyl sites for hydroxylation is 2. The van der Waals surface area contributed by atoms with E-state index in [0.717, 1.165) is 24.8 Å².